The highest BCUT2D eigenvalue weighted by molar-refractivity contribution is 5.79. The molecule has 0 bridgehead atoms. The van der Waals surface area contributed by atoms with Crippen LogP contribution in [-0.4, -0.2) is 12.1 Å². The molecule has 3 rings (SSSR count). The molecule has 0 saturated carbocycles. The summed E-state index contributed by atoms with van der Waals surface area (Å²) in [5, 5.41) is 9.53. The molecule has 1 aliphatic carbocycles. The fourth-order valence-corrected chi connectivity index (χ4v) is 3.23. The molecule has 0 aliphatic heterocycles. The van der Waals surface area contributed by atoms with Gasteiger partial charge in [-0.05, 0) is 48.4 Å². The van der Waals surface area contributed by atoms with E-state index in [1.165, 1.54) is 5.56 Å². The molecule has 4 heteroatoms. The number of fused-ring (bicyclic) bond motifs is 1. The molecular formula is C18H19N3O. The van der Waals surface area contributed by atoms with Crippen molar-refractivity contribution >= 4 is 5.82 Å². The second-order valence-electron chi connectivity index (χ2n) is 5.74. The van der Waals surface area contributed by atoms with E-state index < -0.39 is 0 Å². The molecule has 1 aromatic carbocycles. The quantitative estimate of drug-likeness (QED) is 0.917. The minimum absolute atomic E-state index is 0.334. The summed E-state index contributed by atoms with van der Waals surface area (Å²) in [5.74, 6) is 1.52. The van der Waals surface area contributed by atoms with Crippen LogP contribution in [0.4, 0.5) is 5.82 Å². The second kappa shape index (κ2) is 5.69. The average Bonchev–Trinajstić information content (AvgIpc) is 2.55. The SMILES string of the molecule is COc1ccc(-c2c(C#N)c(N)nc3c2CCC[C@@H]3C)cc1. The van der Waals surface area contributed by atoms with E-state index in [0.717, 1.165) is 41.8 Å². The third-order valence-electron chi connectivity index (χ3n) is 4.38. The van der Waals surface area contributed by atoms with Crippen molar-refractivity contribution in [3.63, 3.8) is 0 Å². The van der Waals surface area contributed by atoms with E-state index in [0.29, 0.717) is 17.3 Å². The van der Waals surface area contributed by atoms with Gasteiger partial charge in [0.1, 0.15) is 23.2 Å². The smallest absolute Gasteiger partial charge is 0.142 e. The number of nitriles is 1. The molecule has 112 valence electrons. The van der Waals surface area contributed by atoms with Crippen molar-refractivity contribution in [2.75, 3.05) is 12.8 Å². The van der Waals surface area contributed by atoms with Crippen LogP contribution in [0.5, 0.6) is 5.75 Å². The maximum absolute atomic E-state index is 9.53. The van der Waals surface area contributed by atoms with E-state index in [1.54, 1.807) is 7.11 Å². The van der Waals surface area contributed by atoms with Gasteiger partial charge in [0.2, 0.25) is 0 Å². The highest BCUT2D eigenvalue weighted by Gasteiger charge is 2.25. The van der Waals surface area contributed by atoms with Gasteiger partial charge in [0, 0.05) is 11.3 Å². The maximum Gasteiger partial charge on any atom is 0.142 e. The highest BCUT2D eigenvalue weighted by atomic mass is 16.5. The maximum atomic E-state index is 9.53. The first kappa shape index (κ1) is 14.4. The molecule has 2 N–H and O–H groups in total. The molecule has 0 spiro atoms. The normalized spacial score (nSPS) is 16.7. The summed E-state index contributed by atoms with van der Waals surface area (Å²) >= 11 is 0. The summed E-state index contributed by atoms with van der Waals surface area (Å²) in [6.07, 6.45) is 3.18. The Morgan fingerprint density at radius 2 is 2.05 bits per heavy atom. The van der Waals surface area contributed by atoms with Gasteiger partial charge in [0.25, 0.3) is 0 Å². The van der Waals surface area contributed by atoms with E-state index in [9.17, 15) is 5.26 Å². The van der Waals surface area contributed by atoms with Crippen LogP contribution < -0.4 is 10.5 Å². The lowest BCUT2D eigenvalue weighted by Crippen LogP contribution is -2.14. The minimum atomic E-state index is 0.334. The monoisotopic (exact) mass is 293 g/mol. The largest absolute Gasteiger partial charge is 0.497 e. The van der Waals surface area contributed by atoms with E-state index in [4.69, 9.17) is 10.5 Å². The molecule has 4 nitrogen and oxygen atoms in total. The van der Waals surface area contributed by atoms with Gasteiger partial charge in [-0.25, -0.2) is 4.98 Å². The Morgan fingerprint density at radius 1 is 1.32 bits per heavy atom. The van der Waals surface area contributed by atoms with Crippen LogP contribution >= 0.6 is 0 Å². The Morgan fingerprint density at radius 3 is 2.68 bits per heavy atom. The molecule has 1 heterocycles. The number of nitrogen functional groups attached to an aromatic ring is 1. The topological polar surface area (TPSA) is 71.9 Å². The van der Waals surface area contributed by atoms with Gasteiger partial charge in [-0.2, -0.15) is 5.26 Å². The Hall–Kier alpha value is -2.54. The number of aromatic nitrogens is 1. The van der Waals surface area contributed by atoms with E-state index in [-0.39, 0.29) is 0 Å². The number of anilines is 1. The number of nitrogens with two attached hydrogens (primary N) is 1. The first-order valence-corrected chi connectivity index (χ1v) is 7.52. The number of rotatable bonds is 2. The van der Waals surface area contributed by atoms with E-state index in [1.807, 2.05) is 24.3 Å². The zero-order chi connectivity index (χ0) is 15.7. The van der Waals surface area contributed by atoms with Gasteiger partial charge in [0.05, 0.1) is 7.11 Å². The van der Waals surface area contributed by atoms with Crippen LogP contribution in [0.25, 0.3) is 11.1 Å². The van der Waals surface area contributed by atoms with Crippen molar-refractivity contribution in [2.24, 2.45) is 0 Å². The van der Waals surface area contributed by atoms with Crippen molar-refractivity contribution < 1.29 is 4.74 Å². The molecule has 0 amide bonds. The highest BCUT2D eigenvalue weighted by Crippen LogP contribution is 2.40. The van der Waals surface area contributed by atoms with E-state index in [2.05, 4.69) is 18.0 Å². The van der Waals surface area contributed by atoms with Gasteiger partial charge in [-0.3, -0.25) is 0 Å². The van der Waals surface area contributed by atoms with Crippen LogP contribution in [0.2, 0.25) is 0 Å². The molecule has 0 saturated heterocycles. The van der Waals surface area contributed by atoms with Gasteiger partial charge in [-0.15, -0.1) is 0 Å². The second-order valence-corrected chi connectivity index (χ2v) is 5.74. The minimum Gasteiger partial charge on any atom is -0.497 e. The van der Waals surface area contributed by atoms with Crippen LogP contribution in [0.3, 0.4) is 0 Å². The third-order valence-corrected chi connectivity index (χ3v) is 4.38. The summed E-state index contributed by atoms with van der Waals surface area (Å²) in [6, 6.07) is 10.0. The number of hydrogen-bond donors (Lipinski definition) is 1. The Labute approximate surface area is 130 Å². The van der Waals surface area contributed by atoms with Crippen LogP contribution in [-0.2, 0) is 6.42 Å². The van der Waals surface area contributed by atoms with Crippen molar-refractivity contribution in [1.82, 2.24) is 4.98 Å². The molecular weight excluding hydrogens is 274 g/mol. The predicted octanol–water partition coefficient (Wildman–Crippen LogP) is 3.65. The van der Waals surface area contributed by atoms with Gasteiger partial charge in [-0.1, -0.05) is 19.1 Å². The average molecular weight is 293 g/mol. The first-order valence-electron chi connectivity index (χ1n) is 7.52. The predicted molar refractivity (Wildman–Crippen MR) is 86.7 cm³/mol. The molecule has 1 atom stereocenters. The number of methoxy groups -OCH3 is 1. The van der Waals surface area contributed by atoms with Gasteiger partial charge >= 0.3 is 0 Å². The fraction of sp³-hybridized carbons (Fsp3) is 0.333. The summed E-state index contributed by atoms with van der Waals surface area (Å²) in [7, 11) is 1.64. The first-order chi connectivity index (χ1) is 10.7. The number of benzene rings is 1. The van der Waals surface area contributed by atoms with Crippen molar-refractivity contribution in [2.45, 2.75) is 32.1 Å². The van der Waals surface area contributed by atoms with E-state index >= 15 is 0 Å². The Bertz CT molecular complexity index is 744. The molecule has 1 aromatic heterocycles. The van der Waals surface area contributed by atoms with Gasteiger partial charge in [0.15, 0.2) is 0 Å². The molecule has 1 aliphatic rings. The third kappa shape index (κ3) is 2.29. The molecule has 0 unspecified atom stereocenters. The lowest BCUT2D eigenvalue weighted by molar-refractivity contribution is 0.415. The fourth-order valence-electron chi connectivity index (χ4n) is 3.23. The number of nitrogens with zero attached hydrogens (tertiary/aromatic N) is 2. The number of pyridine rings is 1. The van der Waals surface area contributed by atoms with Crippen molar-refractivity contribution in [1.29, 1.82) is 5.26 Å². The Balaban J connectivity index is 2.26. The zero-order valence-corrected chi connectivity index (χ0v) is 12.9. The van der Waals surface area contributed by atoms with Crippen molar-refractivity contribution in [3.8, 4) is 22.9 Å². The van der Waals surface area contributed by atoms with Crippen LogP contribution in [0, 0.1) is 11.3 Å². The van der Waals surface area contributed by atoms with Crippen LogP contribution in [0.15, 0.2) is 24.3 Å². The lowest BCUT2D eigenvalue weighted by Gasteiger charge is -2.25. The molecule has 22 heavy (non-hydrogen) atoms. The summed E-state index contributed by atoms with van der Waals surface area (Å²) in [5.41, 5.74) is 10.7. The van der Waals surface area contributed by atoms with Crippen molar-refractivity contribution in [3.05, 3.63) is 41.1 Å². The lowest BCUT2D eigenvalue weighted by atomic mass is 9.82. The standard InChI is InChI=1S/C18H19N3O/c1-11-4-3-5-14-16(12-6-8-13(22-2)9-7-12)15(10-19)18(20)21-17(11)14/h6-9,11H,3-5H2,1-2H3,(H2,20,21)/t11-/m0/s1. The number of hydrogen-bond acceptors (Lipinski definition) is 4. The Kier molecular flexibility index (Phi) is 3.72. The van der Waals surface area contributed by atoms with Crippen LogP contribution in [0.1, 0.15) is 42.5 Å². The summed E-state index contributed by atoms with van der Waals surface area (Å²) < 4.78 is 5.21. The van der Waals surface area contributed by atoms with Gasteiger partial charge < -0.3 is 10.5 Å². The number of ether oxygens (including phenoxy) is 1. The molecule has 2 aromatic rings. The zero-order valence-electron chi connectivity index (χ0n) is 12.9. The molecule has 0 fully saturated rings. The summed E-state index contributed by atoms with van der Waals surface area (Å²) in [4.78, 5) is 4.52. The summed E-state index contributed by atoms with van der Waals surface area (Å²) in [6.45, 7) is 2.17. The molecule has 0 radical (unpaired) electrons.